The number of hydrogen-bond acceptors (Lipinski definition) is 9. The number of carbonyl (C=O) groups excluding carboxylic acids is 3. The Morgan fingerprint density at radius 2 is 1.07 bits per heavy atom. The van der Waals surface area contributed by atoms with Gasteiger partial charge in [0, 0.05) is 24.3 Å². The molecule has 46 heavy (non-hydrogen) atoms. The van der Waals surface area contributed by atoms with Gasteiger partial charge >= 0.3 is 18.1 Å². The summed E-state index contributed by atoms with van der Waals surface area (Å²) in [5.41, 5.74) is 4.40. The van der Waals surface area contributed by atoms with Crippen LogP contribution in [0.5, 0.6) is 11.5 Å². The van der Waals surface area contributed by atoms with Crippen molar-refractivity contribution in [1.29, 1.82) is 0 Å². The molecule has 0 heterocycles. The van der Waals surface area contributed by atoms with E-state index in [0.717, 1.165) is 27.8 Å². The molecular formula is C37H46O9. The monoisotopic (exact) mass is 634 g/mol. The highest BCUT2D eigenvalue weighted by molar-refractivity contribution is 6.17. The average Bonchev–Trinajstić information content (AvgIpc) is 3.02. The molecule has 3 rings (SSSR count). The maximum absolute atomic E-state index is 12.5. The van der Waals surface area contributed by atoms with E-state index in [-0.39, 0.29) is 31.0 Å². The molecule has 0 aromatic heterocycles. The number of benzene rings is 3. The van der Waals surface area contributed by atoms with E-state index >= 15 is 0 Å². The lowest BCUT2D eigenvalue weighted by Gasteiger charge is -2.18. The molecule has 0 bridgehead atoms. The molecule has 0 fully saturated rings. The Kier molecular flexibility index (Phi) is 16.2. The van der Waals surface area contributed by atoms with Gasteiger partial charge in [-0.1, -0.05) is 53.6 Å². The Labute approximate surface area is 272 Å². The van der Waals surface area contributed by atoms with Crippen LogP contribution in [0.1, 0.15) is 81.6 Å². The van der Waals surface area contributed by atoms with Crippen LogP contribution in [-0.4, -0.2) is 44.5 Å². The van der Waals surface area contributed by atoms with Crippen molar-refractivity contribution in [2.45, 2.75) is 67.6 Å². The van der Waals surface area contributed by atoms with E-state index < -0.39 is 18.1 Å². The molecular weight excluding hydrogens is 588 g/mol. The van der Waals surface area contributed by atoms with E-state index in [1.165, 1.54) is 6.08 Å². The summed E-state index contributed by atoms with van der Waals surface area (Å²) in [6, 6.07) is 20.3. The Morgan fingerprint density at radius 3 is 1.46 bits per heavy atom. The van der Waals surface area contributed by atoms with Gasteiger partial charge in [-0.25, -0.2) is 14.4 Å². The Bertz CT molecular complexity index is 1360. The van der Waals surface area contributed by atoms with Gasteiger partial charge in [0.2, 0.25) is 0 Å². The van der Waals surface area contributed by atoms with Crippen LogP contribution in [0.4, 0.5) is 4.79 Å². The van der Waals surface area contributed by atoms with Gasteiger partial charge in [0.1, 0.15) is 17.1 Å². The van der Waals surface area contributed by atoms with Crippen LogP contribution in [0.2, 0.25) is 0 Å². The molecule has 0 amide bonds. The van der Waals surface area contributed by atoms with Crippen molar-refractivity contribution in [3.05, 3.63) is 100 Å². The van der Waals surface area contributed by atoms with Crippen LogP contribution in [0, 0.1) is 13.8 Å². The predicted molar refractivity (Wildman–Crippen MR) is 177 cm³/mol. The molecule has 0 aliphatic heterocycles. The van der Waals surface area contributed by atoms with Gasteiger partial charge in [-0.15, -0.1) is 0 Å². The largest absolute Gasteiger partial charge is 0.519 e. The molecule has 0 saturated heterocycles. The number of esters is 2. The first-order valence-electron chi connectivity index (χ1n) is 15.5. The fourth-order valence-electron chi connectivity index (χ4n) is 4.37. The Balaban J connectivity index is 0.000000353. The van der Waals surface area contributed by atoms with Gasteiger partial charge < -0.3 is 28.4 Å². The summed E-state index contributed by atoms with van der Waals surface area (Å²) in [6.07, 6.45) is 0.291. The summed E-state index contributed by atoms with van der Waals surface area (Å²) in [5.74, 6) is -0.467. The molecule has 0 saturated carbocycles. The highest BCUT2D eigenvalue weighted by Gasteiger charge is 2.21. The van der Waals surface area contributed by atoms with E-state index in [4.69, 9.17) is 28.4 Å². The third kappa shape index (κ3) is 12.1. The molecule has 0 radical (unpaired) electrons. The second-order valence-corrected chi connectivity index (χ2v) is 10.1. The molecule has 0 aliphatic rings. The van der Waals surface area contributed by atoms with Crippen molar-refractivity contribution in [3.63, 3.8) is 0 Å². The SMILES string of the molecule is CCOC(=O)C(=Cc1ccccc1)C(=O)OCC.CCOC(C)c1cc(C)ccc1OC(=O)Oc1ccc(C)cc1C(C)OCC. The maximum Gasteiger partial charge on any atom is 0.519 e. The summed E-state index contributed by atoms with van der Waals surface area (Å²) in [5, 5.41) is 0. The van der Waals surface area contributed by atoms with Gasteiger partial charge in [-0.3, -0.25) is 0 Å². The highest BCUT2D eigenvalue weighted by Crippen LogP contribution is 2.31. The van der Waals surface area contributed by atoms with Gasteiger partial charge in [0.05, 0.1) is 25.4 Å². The van der Waals surface area contributed by atoms with Crippen molar-refractivity contribution in [2.24, 2.45) is 0 Å². The van der Waals surface area contributed by atoms with Crippen LogP contribution < -0.4 is 9.47 Å². The molecule has 3 aromatic rings. The van der Waals surface area contributed by atoms with Crippen LogP contribution in [0.15, 0.2) is 72.3 Å². The molecule has 9 heteroatoms. The standard InChI is InChI=1S/C23H30O5.C14H16O4/c1-7-25-17(5)19-13-15(3)9-11-21(19)27-23(24)28-22-12-10-16(4)14-20(22)18(6)26-8-2;1-3-17-13(15)12(14(16)18-4-2)10-11-8-6-5-7-9-11/h9-14,17-18H,7-8H2,1-6H3;5-10H,3-4H2,1-2H3. The van der Waals surface area contributed by atoms with Gasteiger partial charge in [0.15, 0.2) is 0 Å². The van der Waals surface area contributed by atoms with E-state index in [1.54, 1.807) is 38.1 Å². The summed E-state index contributed by atoms with van der Waals surface area (Å²) in [4.78, 5) is 35.8. The van der Waals surface area contributed by atoms with E-state index in [1.807, 2.05) is 84.0 Å². The smallest absolute Gasteiger partial charge is 0.462 e. The van der Waals surface area contributed by atoms with Crippen LogP contribution in [0.25, 0.3) is 6.08 Å². The lowest BCUT2D eigenvalue weighted by atomic mass is 10.1. The van der Waals surface area contributed by atoms with Gasteiger partial charge in [-0.2, -0.15) is 0 Å². The first-order chi connectivity index (χ1) is 22.0. The van der Waals surface area contributed by atoms with E-state index in [0.29, 0.717) is 24.7 Å². The zero-order chi connectivity index (χ0) is 34.1. The number of aryl methyl sites for hydroxylation is 2. The Morgan fingerprint density at radius 1 is 0.630 bits per heavy atom. The Hall–Kier alpha value is -4.47. The topological polar surface area (TPSA) is 107 Å². The molecule has 2 unspecified atom stereocenters. The summed E-state index contributed by atoms with van der Waals surface area (Å²) >= 11 is 0. The molecule has 0 N–H and O–H groups in total. The van der Waals surface area contributed by atoms with Crippen LogP contribution >= 0.6 is 0 Å². The van der Waals surface area contributed by atoms with Crippen molar-refractivity contribution >= 4 is 24.2 Å². The molecule has 0 aliphatic carbocycles. The van der Waals surface area contributed by atoms with Crippen LogP contribution in [0.3, 0.4) is 0 Å². The second kappa shape index (κ2) is 19.8. The molecule has 0 spiro atoms. The van der Waals surface area contributed by atoms with Crippen molar-refractivity contribution in [3.8, 4) is 11.5 Å². The van der Waals surface area contributed by atoms with Gasteiger partial charge in [0.25, 0.3) is 0 Å². The average molecular weight is 635 g/mol. The van der Waals surface area contributed by atoms with E-state index in [9.17, 15) is 14.4 Å². The number of ether oxygens (including phenoxy) is 6. The predicted octanol–water partition coefficient (Wildman–Crippen LogP) is 8.27. The summed E-state index contributed by atoms with van der Waals surface area (Å²) < 4.78 is 32.0. The molecule has 3 aromatic carbocycles. The molecule has 2 atom stereocenters. The van der Waals surface area contributed by atoms with Crippen molar-refractivity contribution < 1.29 is 42.8 Å². The zero-order valence-electron chi connectivity index (χ0n) is 28.1. The first-order valence-corrected chi connectivity index (χ1v) is 15.5. The summed E-state index contributed by atoms with van der Waals surface area (Å²) in [7, 11) is 0. The third-order valence-electron chi connectivity index (χ3n) is 6.53. The highest BCUT2D eigenvalue weighted by atomic mass is 16.7. The number of hydrogen-bond donors (Lipinski definition) is 0. The van der Waals surface area contributed by atoms with Gasteiger partial charge in [-0.05, 0) is 91.3 Å². The number of rotatable bonds is 13. The zero-order valence-corrected chi connectivity index (χ0v) is 28.1. The van der Waals surface area contributed by atoms with Crippen molar-refractivity contribution in [2.75, 3.05) is 26.4 Å². The minimum atomic E-state index is -0.789. The fourth-order valence-corrected chi connectivity index (χ4v) is 4.37. The maximum atomic E-state index is 12.5. The molecule has 9 nitrogen and oxygen atoms in total. The summed E-state index contributed by atoms with van der Waals surface area (Å²) in [6.45, 7) is 16.6. The second-order valence-electron chi connectivity index (χ2n) is 10.1. The first kappa shape index (κ1) is 37.7. The number of carbonyl (C=O) groups is 3. The quantitative estimate of drug-likeness (QED) is 0.0604. The lowest BCUT2D eigenvalue weighted by Crippen LogP contribution is -2.18. The fraction of sp³-hybridized carbons (Fsp3) is 0.378. The lowest BCUT2D eigenvalue weighted by molar-refractivity contribution is -0.146. The minimum Gasteiger partial charge on any atom is -0.462 e. The van der Waals surface area contributed by atoms with E-state index in [2.05, 4.69) is 0 Å². The third-order valence-corrected chi connectivity index (χ3v) is 6.53. The van der Waals surface area contributed by atoms with Crippen molar-refractivity contribution in [1.82, 2.24) is 0 Å². The molecule has 248 valence electrons. The normalized spacial score (nSPS) is 11.7. The minimum absolute atomic E-state index is 0.0927. The van der Waals surface area contributed by atoms with Crippen LogP contribution in [-0.2, 0) is 28.5 Å².